The van der Waals surface area contributed by atoms with E-state index in [9.17, 15) is 9.59 Å². The third kappa shape index (κ3) is 5.87. The standard InChI is InChI=1S/C28H23ClN2O2S/c1-19-10-5-6-15-23(19)27(32)30-21-13-9-14-22(18-21)34-26(20-11-3-2-4-12-20)28(33)31-25-17-8-7-16-24(25)29/h2-18,26H,1H3,(H,30,32)(H,31,33). The van der Waals surface area contributed by atoms with E-state index >= 15 is 0 Å². The minimum absolute atomic E-state index is 0.170. The van der Waals surface area contributed by atoms with Crippen molar-refractivity contribution in [3.05, 3.63) is 125 Å². The van der Waals surface area contributed by atoms with Crippen molar-refractivity contribution in [1.29, 1.82) is 0 Å². The molecule has 0 fully saturated rings. The van der Waals surface area contributed by atoms with Crippen LogP contribution in [0, 0.1) is 6.92 Å². The SMILES string of the molecule is Cc1ccccc1C(=O)Nc1cccc(SC(C(=O)Nc2ccccc2Cl)c2ccccc2)c1. The monoisotopic (exact) mass is 486 g/mol. The van der Waals surface area contributed by atoms with Crippen LogP contribution in [0.4, 0.5) is 11.4 Å². The average Bonchev–Trinajstić information content (AvgIpc) is 2.85. The lowest BCUT2D eigenvalue weighted by Gasteiger charge is -2.18. The summed E-state index contributed by atoms with van der Waals surface area (Å²) in [6.45, 7) is 1.91. The van der Waals surface area contributed by atoms with Crippen LogP contribution in [0.2, 0.25) is 5.02 Å². The summed E-state index contributed by atoms with van der Waals surface area (Å²) in [6, 6.07) is 31.7. The van der Waals surface area contributed by atoms with Crippen molar-refractivity contribution >= 4 is 46.6 Å². The van der Waals surface area contributed by atoms with Crippen molar-refractivity contribution in [3.63, 3.8) is 0 Å². The van der Waals surface area contributed by atoms with Crippen molar-refractivity contribution in [2.45, 2.75) is 17.1 Å². The molecule has 0 spiro atoms. The summed E-state index contributed by atoms with van der Waals surface area (Å²) >= 11 is 7.66. The van der Waals surface area contributed by atoms with Gasteiger partial charge in [0, 0.05) is 16.1 Å². The van der Waals surface area contributed by atoms with Gasteiger partial charge in [0.15, 0.2) is 0 Å². The second-order valence-electron chi connectivity index (χ2n) is 7.67. The van der Waals surface area contributed by atoms with Crippen molar-refractivity contribution in [2.24, 2.45) is 0 Å². The maximum atomic E-state index is 13.3. The van der Waals surface area contributed by atoms with Crippen LogP contribution < -0.4 is 10.6 Å². The smallest absolute Gasteiger partial charge is 0.255 e. The van der Waals surface area contributed by atoms with Gasteiger partial charge < -0.3 is 10.6 Å². The summed E-state index contributed by atoms with van der Waals surface area (Å²) in [5, 5.41) is 5.87. The van der Waals surface area contributed by atoms with E-state index in [1.165, 1.54) is 11.8 Å². The number of anilines is 2. The van der Waals surface area contributed by atoms with Crippen LogP contribution in [-0.2, 0) is 4.79 Å². The molecule has 1 atom stereocenters. The lowest BCUT2D eigenvalue weighted by Crippen LogP contribution is -2.19. The van der Waals surface area contributed by atoms with Crippen LogP contribution in [0.15, 0.2) is 108 Å². The molecule has 4 aromatic carbocycles. The maximum Gasteiger partial charge on any atom is 0.255 e. The Hall–Kier alpha value is -3.54. The normalized spacial score (nSPS) is 11.5. The Morgan fingerprint density at radius 2 is 1.50 bits per heavy atom. The lowest BCUT2D eigenvalue weighted by molar-refractivity contribution is -0.115. The molecular weight excluding hydrogens is 464 g/mol. The fourth-order valence-electron chi connectivity index (χ4n) is 3.47. The summed E-state index contributed by atoms with van der Waals surface area (Å²) in [6.07, 6.45) is 0. The number of rotatable bonds is 7. The third-order valence-corrected chi connectivity index (χ3v) is 6.79. The topological polar surface area (TPSA) is 58.2 Å². The number of para-hydroxylation sites is 1. The molecular formula is C28H23ClN2O2S. The van der Waals surface area contributed by atoms with E-state index in [-0.39, 0.29) is 11.8 Å². The van der Waals surface area contributed by atoms with Crippen molar-refractivity contribution < 1.29 is 9.59 Å². The van der Waals surface area contributed by atoms with E-state index < -0.39 is 5.25 Å². The second kappa shape index (κ2) is 11.1. The molecule has 4 nitrogen and oxygen atoms in total. The van der Waals surface area contributed by atoms with E-state index in [2.05, 4.69) is 10.6 Å². The minimum Gasteiger partial charge on any atom is -0.323 e. The number of hydrogen-bond donors (Lipinski definition) is 2. The summed E-state index contributed by atoms with van der Waals surface area (Å²) in [7, 11) is 0. The highest BCUT2D eigenvalue weighted by Gasteiger charge is 2.23. The summed E-state index contributed by atoms with van der Waals surface area (Å²) in [5.74, 6) is -0.352. The fourth-order valence-corrected chi connectivity index (χ4v) is 4.74. The Morgan fingerprint density at radius 1 is 0.794 bits per heavy atom. The number of carbonyl (C=O) groups excluding carboxylic acids is 2. The molecule has 170 valence electrons. The maximum absolute atomic E-state index is 13.3. The Kier molecular flexibility index (Phi) is 7.68. The molecule has 4 rings (SSSR count). The molecule has 0 saturated carbocycles. The average molecular weight is 487 g/mol. The Bertz CT molecular complexity index is 1310. The Morgan fingerprint density at radius 3 is 2.26 bits per heavy atom. The summed E-state index contributed by atoms with van der Waals surface area (Å²) in [4.78, 5) is 26.9. The van der Waals surface area contributed by atoms with Crippen molar-refractivity contribution in [3.8, 4) is 0 Å². The van der Waals surface area contributed by atoms with Crippen LogP contribution in [0.1, 0.15) is 26.7 Å². The molecule has 4 aromatic rings. The molecule has 0 heterocycles. The summed E-state index contributed by atoms with van der Waals surface area (Å²) in [5.41, 5.74) is 3.63. The van der Waals surface area contributed by atoms with Gasteiger partial charge >= 0.3 is 0 Å². The number of benzene rings is 4. The second-order valence-corrected chi connectivity index (χ2v) is 9.26. The molecule has 0 aromatic heterocycles. The highest BCUT2D eigenvalue weighted by atomic mass is 35.5. The predicted molar refractivity (Wildman–Crippen MR) is 141 cm³/mol. The molecule has 0 aliphatic rings. The van der Waals surface area contributed by atoms with Gasteiger partial charge in [0.25, 0.3) is 5.91 Å². The molecule has 0 saturated heterocycles. The molecule has 0 aliphatic heterocycles. The molecule has 0 radical (unpaired) electrons. The fraction of sp³-hybridized carbons (Fsp3) is 0.0714. The number of hydrogen-bond acceptors (Lipinski definition) is 3. The van der Waals surface area contributed by atoms with Gasteiger partial charge in [0.1, 0.15) is 5.25 Å². The van der Waals surface area contributed by atoms with E-state index in [0.29, 0.717) is 22.0 Å². The highest BCUT2D eigenvalue weighted by molar-refractivity contribution is 8.00. The van der Waals surface area contributed by atoms with E-state index in [1.54, 1.807) is 18.2 Å². The third-order valence-electron chi connectivity index (χ3n) is 5.21. The molecule has 2 N–H and O–H groups in total. The molecule has 6 heteroatoms. The van der Waals surface area contributed by atoms with Crippen molar-refractivity contribution in [1.82, 2.24) is 0 Å². The first-order valence-corrected chi connectivity index (χ1v) is 12.0. The molecule has 2 amide bonds. The first-order valence-electron chi connectivity index (χ1n) is 10.8. The van der Waals surface area contributed by atoms with Gasteiger partial charge in [-0.3, -0.25) is 9.59 Å². The number of amides is 2. The van der Waals surface area contributed by atoms with Crippen LogP contribution >= 0.6 is 23.4 Å². The van der Waals surface area contributed by atoms with Gasteiger partial charge in [0.2, 0.25) is 5.91 Å². The van der Waals surface area contributed by atoms with Crippen molar-refractivity contribution in [2.75, 3.05) is 10.6 Å². The Balaban J connectivity index is 1.56. The van der Waals surface area contributed by atoms with Crippen LogP contribution in [0.3, 0.4) is 0 Å². The quantitative estimate of drug-likeness (QED) is 0.268. The minimum atomic E-state index is -0.514. The molecule has 0 aliphatic carbocycles. The lowest BCUT2D eigenvalue weighted by atomic mass is 10.1. The number of thioether (sulfide) groups is 1. The Labute approximate surface area is 208 Å². The summed E-state index contributed by atoms with van der Waals surface area (Å²) < 4.78 is 0. The van der Waals surface area contributed by atoms with E-state index in [1.807, 2.05) is 91.9 Å². The predicted octanol–water partition coefficient (Wildman–Crippen LogP) is 7.37. The van der Waals surface area contributed by atoms with Crippen LogP contribution in [0.25, 0.3) is 0 Å². The van der Waals surface area contributed by atoms with Crippen LogP contribution in [0.5, 0.6) is 0 Å². The van der Waals surface area contributed by atoms with E-state index in [4.69, 9.17) is 11.6 Å². The van der Waals surface area contributed by atoms with Crippen LogP contribution in [-0.4, -0.2) is 11.8 Å². The zero-order valence-corrected chi connectivity index (χ0v) is 20.1. The van der Waals surface area contributed by atoms with Gasteiger partial charge in [-0.15, -0.1) is 11.8 Å². The molecule has 34 heavy (non-hydrogen) atoms. The zero-order chi connectivity index (χ0) is 23.9. The van der Waals surface area contributed by atoms with Gasteiger partial charge in [0.05, 0.1) is 10.7 Å². The van der Waals surface area contributed by atoms with Gasteiger partial charge in [-0.1, -0.05) is 78.3 Å². The molecule has 0 bridgehead atoms. The van der Waals surface area contributed by atoms with Gasteiger partial charge in [-0.25, -0.2) is 0 Å². The first kappa shape index (κ1) is 23.6. The largest absolute Gasteiger partial charge is 0.323 e. The van der Waals surface area contributed by atoms with E-state index in [0.717, 1.165) is 16.0 Å². The van der Waals surface area contributed by atoms with Gasteiger partial charge in [-0.2, -0.15) is 0 Å². The molecule has 1 unspecified atom stereocenters. The number of aryl methyl sites for hydroxylation is 1. The van der Waals surface area contributed by atoms with Gasteiger partial charge in [-0.05, 0) is 54.4 Å². The number of carbonyl (C=O) groups is 2. The number of halogens is 1. The highest BCUT2D eigenvalue weighted by Crippen LogP contribution is 2.37. The zero-order valence-electron chi connectivity index (χ0n) is 18.5. The first-order chi connectivity index (χ1) is 16.5. The number of nitrogens with one attached hydrogen (secondary N) is 2.